The van der Waals surface area contributed by atoms with Crippen LogP contribution in [0.15, 0.2) is 0 Å². The molecule has 0 radical (unpaired) electrons. The van der Waals surface area contributed by atoms with Gasteiger partial charge in [0.05, 0.1) is 0 Å². The van der Waals surface area contributed by atoms with Crippen molar-refractivity contribution < 1.29 is 0 Å². The van der Waals surface area contributed by atoms with Crippen molar-refractivity contribution in [3.8, 4) is 0 Å². The first kappa shape index (κ1) is 16.3. The number of hydrogen-bond acceptors (Lipinski definition) is 2. The Morgan fingerprint density at radius 2 is 1.56 bits per heavy atom. The molecule has 0 saturated carbocycles. The molecule has 0 aromatic carbocycles. The fourth-order valence-electron chi connectivity index (χ4n) is 2.03. The van der Waals surface area contributed by atoms with Gasteiger partial charge in [-0.2, -0.15) is 12.6 Å². The molecule has 16 heavy (non-hydrogen) atoms. The molecular weight excluding hydrogens is 214 g/mol. The minimum Gasteiger partial charge on any atom is -0.303 e. The molecule has 0 aliphatic heterocycles. The zero-order valence-electron chi connectivity index (χ0n) is 11.5. The van der Waals surface area contributed by atoms with Gasteiger partial charge < -0.3 is 4.90 Å². The lowest BCUT2D eigenvalue weighted by Crippen LogP contribution is -2.31. The first-order chi connectivity index (χ1) is 7.78. The molecule has 0 heterocycles. The molecule has 1 nitrogen and oxygen atoms in total. The maximum Gasteiger partial charge on any atom is 0.000985 e. The monoisotopic (exact) mass is 245 g/mol. The molecule has 98 valence electrons. The lowest BCUT2D eigenvalue weighted by Gasteiger charge is -2.26. The fraction of sp³-hybridized carbons (Fsp3) is 1.00. The van der Waals surface area contributed by atoms with E-state index in [4.69, 9.17) is 0 Å². The summed E-state index contributed by atoms with van der Waals surface area (Å²) in [5.74, 6) is 1.89. The Kier molecular flexibility index (Phi) is 12.0. The van der Waals surface area contributed by atoms with Gasteiger partial charge in [-0.3, -0.25) is 0 Å². The third-order valence-electron chi connectivity index (χ3n) is 3.29. The summed E-state index contributed by atoms with van der Waals surface area (Å²) in [5.41, 5.74) is 0. The van der Waals surface area contributed by atoms with Crippen LogP contribution in [0.3, 0.4) is 0 Å². The topological polar surface area (TPSA) is 3.24 Å². The lowest BCUT2D eigenvalue weighted by atomic mass is 10.0. The predicted octanol–water partition coefficient (Wildman–Crippen LogP) is 4.23. The third-order valence-corrected chi connectivity index (χ3v) is 3.55. The van der Waals surface area contributed by atoms with E-state index >= 15 is 0 Å². The molecule has 0 fully saturated rings. The highest BCUT2D eigenvalue weighted by atomic mass is 32.1. The van der Waals surface area contributed by atoms with E-state index in [9.17, 15) is 0 Å². The van der Waals surface area contributed by atoms with Crippen LogP contribution < -0.4 is 0 Å². The average Bonchev–Trinajstić information content (AvgIpc) is 2.31. The summed E-state index contributed by atoms with van der Waals surface area (Å²) in [7, 11) is 0. The first-order valence-electron chi connectivity index (χ1n) is 7.11. The largest absolute Gasteiger partial charge is 0.303 e. The molecular formula is C14H31NS. The minimum absolute atomic E-state index is 0.853. The van der Waals surface area contributed by atoms with Gasteiger partial charge in [-0.15, -0.1) is 0 Å². The van der Waals surface area contributed by atoms with Crippen molar-refractivity contribution in [3.05, 3.63) is 0 Å². The Labute approximate surface area is 108 Å². The molecule has 0 aromatic rings. The van der Waals surface area contributed by atoms with Gasteiger partial charge in [0.1, 0.15) is 0 Å². The van der Waals surface area contributed by atoms with Crippen LogP contribution in [-0.4, -0.2) is 30.3 Å². The Hall–Kier alpha value is 0.310. The highest BCUT2D eigenvalue weighted by Gasteiger charge is 2.11. The number of rotatable bonds is 11. The van der Waals surface area contributed by atoms with Crippen LogP contribution in [0, 0.1) is 5.92 Å². The normalized spacial score (nSPS) is 13.3. The number of nitrogens with zero attached hydrogens (tertiary/aromatic N) is 1. The quantitative estimate of drug-likeness (QED) is 0.533. The standard InChI is InChI=1S/C14H31NS/c1-4-7-10-15(11-8-5-2)13-14(6-3)9-12-16/h14,16H,4-13H2,1-3H3. The SMILES string of the molecule is CCCCN(CCCC)CC(CC)CCS. The van der Waals surface area contributed by atoms with Crippen LogP contribution in [0.5, 0.6) is 0 Å². The highest BCUT2D eigenvalue weighted by Crippen LogP contribution is 2.12. The van der Waals surface area contributed by atoms with Gasteiger partial charge in [-0.25, -0.2) is 0 Å². The summed E-state index contributed by atoms with van der Waals surface area (Å²) >= 11 is 4.36. The second kappa shape index (κ2) is 11.8. The smallest absolute Gasteiger partial charge is 0.000985 e. The molecule has 0 spiro atoms. The van der Waals surface area contributed by atoms with Crippen LogP contribution in [0.2, 0.25) is 0 Å². The van der Waals surface area contributed by atoms with E-state index in [0.29, 0.717) is 0 Å². The average molecular weight is 245 g/mol. The Bertz CT molecular complexity index is 131. The molecule has 0 aliphatic rings. The molecule has 0 amide bonds. The minimum atomic E-state index is 0.853. The summed E-state index contributed by atoms with van der Waals surface area (Å²) in [5, 5.41) is 0. The van der Waals surface area contributed by atoms with Gasteiger partial charge in [0.15, 0.2) is 0 Å². The molecule has 0 aliphatic carbocycles. The zero-order chi connectivity index (χ0) is 12.2. The van der Waals surface area contributed by atoms with Gasteiger partial charge >= 0.3 is 0 Å². The van der Waals surface area contributed by atoms with E-state index in [0.717, 1.165) is 11.7 Å². The molecule has 0 bridgehead atoms. The van der Waals surface area contributed by atoms with Crippen LogP contribution in [-0.2, 0) is 0 Å². The van der Waals surface area contributed by atoms with Crippen LogP contribution in [0.4, 0.5) is 0 Å². The molecule has 1 atom stereocenters. The van der Waals surface area contributed by atoms with Gasteiger partial charge in [-0.05, 0) is 44.0 Å². The molecule has 2 heteroatoms. The van der Waals surface area contributed by atoms with E-state index in [1.54, 1.807) is 0 Å². The Morgan fingerprint density at radius 1 is 1.00 bits per heavy atom. The van der Waals surface area contributed by atoms with E-state index in [1.165, 1.54) is 58.2 Å². The third kappa shape index (κ3) is 8.46. The predicted molar refractivity (Wildman–Crippen MR) is 78.5 cm³/mol. The number of thiol groups is 1. The Balaban J connectivity index is 3.94. The zero-order valence-corrected chi connectivity index (χ0v) is 12.4. The lowest BCUT2D eigenvalue weighted by molar-refractivity contribution is 0.218. The van der Waals surface area contributed by atoms with E-state index in [1.807, 2.05) is 0 Å². The summed E-state index contributed by atoms with van der Waals surface area (Å²) in [6.07, 6.45) is 7.89. The number of unbranched alkanes of at least 4 members (excludes halogenated alkanes) is 2. The van der Waals surface area contributed by atoms with Crippen molar-refractivity contribution in [1.29, 1.82) is 0 Å². The maximum absolute atomic E-state index is 4.36. The molecule has 0 aromatic heterocycles. The van der Waals surface area contributed by atoms with Crippen molar-refractivity contribution >= 4 is 12.6 Å². The number of hydrogen-bond donors (Lipinski definition) is 1. The molecule has 0 N–H and O–H groups in total. The van der Waals surface area contributed by atoms with Gasteiger partial charge in [-0.1, -0.05) is 40.0 Å². The second-order valence-corrected chi connectivity index (χ2v) is 5.24. The van der Waals surface area contributed by atoms with Crippen molar-refractivity contribution in [2.45, 2.75) is 59.3 Å². The van der Waals surface area contributed by atoms with Crippen molar-refractivity contribution in [2.24, 2.45) is 5.92 Å². The van der Waals surface area contributed by atoms with E-state index in [2.05, 4.69) is 38.3 Å². The molecule has 1 unspecified atom stereocenters. The summed E-state index contributed by atoms with van der Waals surface area (Å²) < 4.78 is 0. The van der Waals surface area contributed by atoms with Crippen molar-refractivity contribution in [3.63, 3.8) is 0 Å². The summed E-state index contributed by atoms with van der Waals surface area (Å²) in [6, 6.07) is 0. The Morgan fingerprint density at radius 3 is 1.94 bits per heavy atom. The highest BCUT2D eigenvalue weighted by molar-refractivity contribution is 7.80. The van der Waals surface area contributed by atoms with Crippen LogP contribution in [0.25, 0.3) is 0 Å². The van der Waals surface area contributed by atoms with Gasteiger partial charge in [0.2, 0.25) is 0 Å². The fourth-order valence-corrected chi connectivity index (χ4v) is 2.40. The van der Waals surface area contributed by atoms with Crippen molar-refractivity contribution in [1.82, 2.24) is 4.90 Å². The van der Waals surface area contributed by atoms with E-state index in [-0.39, 0.29) is 0 Å². The van der Waals surface area contributed by atoms with Gasteiger partial charge in [0.25, 0.3) is 0 Å². The maximum atomic E-state index is 4.36. The van der Waals surface area contributed by atoms with Crippen LogP contribution >= 0.6 is 12.6 Å². The van der Waals surface area contributed by atoms with E-state index < -0.39 is 0 Å². The van der Waals surface area contributed by atoms with Crippen molar-refractivity contribution in [2.75, 3.05) is 25.4 Å². The summed E-state index contributed by atoms with van der Waals surface area (Å²) in [4.78, 5) is 2.67. The summed E-state index contributed by atoms with van der Waals surface area (Å²) in [6.45, 7) is 10.7. The second-order valence-electron chi connectivity index (χ2n) is 4.79. The molecule has 0 rings (SSSR count). The molecule has 0 saturated heterocycles. The van der Waals surface area contributed by atoms with Crippen LogP contribution in [0.1, 0.15) is 59.3 Å². The van der Waals surface area contributed by atoms with Gasteiger partial charge in [0, 0.05) is 6.54 Å². The first-order valence-corrected chi connectivity index (χ1v) is 7.74.